The molecule has 1 saturated heterocycles. The fourth-order valence-electron chi connectivity index (χ4n) is 4.04. The van der Waals surface area contributed by atoms with Crippen molar-refractivity contribution >= 4 is 22.9 Å². The van der Waals surface area contributed by atoms with Crippen LogP contribution in [0.2, 0.25) is 0 Å². The molecular weight excluding hydrogens is 351 g/mol. The van der Waals surface area contributed by atoms with Gasteiger partial charge in [-0.3, -0.25) is 0 Å². The third kappa shape index (κ3) is 3.76. The second-order valence-electron chi connectivity index (χ2n) is 8.07. The maximum atomic E-state index is 13.9. The monoisotopic (exact) mass is 380 g/mol. The summed E-state index contributed by atoms with van der Waals surface area (Å²) in [6.45, 7) is 9.44. The van der Waals surface area contributed by atoms with E-state index in [1.54, 1.807) is 6.07 Å². The van der Waals surface area contributed by atoms with Gasteiger partial charge in [0.15, 0.2) is 0 Å². The molecule has 2 heterocycles. The van der Waals surface area contributed by atoms with E-state index in [-0.39, 0.29) is 5.82 Å². The molecule has 0 aliphatic carbocycles. The van der Waals surface area contributed by atoms with Gasteiger partial charge in [-0.25, -0.2) is 9.38 Å². The molecule has 4 nitrogen and oxygen atoms in total. The molecule has 2 aromatic carbocycles. The maximum Gasteiger partial charge on any atom is 0.138 e. The first-order valence-electron chi connectivity index (χ1n) is 10.3. The highest BCUT2D eigenvalue weighted by molar-refractivity contribution is 6.08. The molecule has 0 unspecified atom stereocenters. The number of piperazine rings is 1. The summed E-state index contributed by atoms with van der Waals surface area (Å²) in [5, 5.41) is 7.04. The first-order valence-corrected chi connectivity index (χ1v) is 10.3. The van der Waals surface area contributed by atoms with E-state index >= 15 is 0 Å². The molecule has 2 N–H and O–H groups in total. The number of nitrogens with zero attached hydrogens (tertiary/aromatic N) is 2. The number of aliphatic imine (C=N–C) groups is 1. The molecule has 0 spiro atoms. The van der Waals surface area contributed by atoms with Gasteiger partial charge in [0.2, 0.25) is 0 Å². The lowest BCUT2D eigenvalue weighted by Crippen LogP contribution is -2.52. The van der Waals surface area contributed by atoms with Crippen LogP contribution in [0.3, 0.4) is 0 Å². The summed E-state index contributed by atoms with van der Waals surface area (Å²) in [6.07, 6.45) is 2.32. The molecule has 2 aromatic rings. The molecule has 0 bridgehead atoms. The first kappa shape index (κ1) is 18.9. The molecule has 0 saturated carbocycles. The third-order valence-electron chi connectivity index (χ3n) is 5.60. The van der Waals surface area contributed by atoms with E-state index in [1.165, 1.54) is 17.7 Å². The molecule has 1 fully saturated rings. The van der Waals surface area contributed by atoms with Crippen LogP contribution in [0.15, 0.2) is 41.4 Å². The number of halogens is 1. The zero-order valence-corrected chi connectivity index (χ0v) is 16.9. The zero-order valence-electron chi connectivity index (χ0n) is 16.9. The van der Waals surface area contributed by atoms with Gasteiger partial charge in [-0.15, -0.1) is 0 Å². The predicted molar refractivity (Wildman–Crippen MR) is 115 cm³/mol. The summed E-state index contributed by atoms with van der Waals surface area (Å²) in [6, 6.07) is 11.7. The van der Waals surface area contributed by atoms with Gasteiger partial charge in [-0.05, 0) is 48.2 Å². The summed E-state index contributed by atoms with van der Waals surface area (Å²) in [5.41, 5.74) is 4.86. The minimum absolute atomic E-state index is 0.254. The minimum atomic E-state index is -0.254. The zero-order chi connectivity index (χ0) is 19.7. The first-order chi connectivity index (χ1) is 13.5. The van der Waals surface area contributed by atoms with Crippen LogP contribution in [0, 0.1) is 5.82 Å². The lowest BCUT2D eigenvalue weighted by Gasteiger charge is -2.36. The fraction of sp³-hybridized carbons (Fsp3) is 0.435. The molecule has 1 atom stereocenters. The summed E-state index contributed by atoms with van der Waals surface area (Å²) in [4.78, 5) is 7.41. The molecule has 0 aromatic heterocycles. The van der Waals surface area contributed by atoms with E-state index in [1.807, 2.05) is 0 Å². The molecule has 0 amide bonds. The van der Waals surface area contributed by atoms with Gasteiger partial charge in [-0.2, -0.15) is 0 Å². The quantitative estimate of drug-likeness (QED) is 0.773. The van der Waals surface area contributed by atoms with Crippen LogP contribution in [0.1, 0.15) is 50.7 Å². The number of hydrogen-bond acceptors (Lipinski definition) is 4. The lowest BCUT2D eigenvalue weighted by molar-refractivity contribution is 0.281. The van der Waals surface area contributed by atoms with Crippen LogP contribution in [-0.2, 0) is 0 Å². The number of nitrogens with one attached hydrogen (secondary N) is 2. The highest BCUT2D eigenvalue weighted by Crippen LogP contribution is 2.36. The van der Waals surface area contributed by atoms with Crippen LogP contribution < -0.4 is 10.6 Å². The van der Waals surface area contributed by atoms with Crippen molar-refractivity contribution in [1.82, 2.24) is 10.2 Å². The van der Waals surface area contributed by atoms with E-state index in [4.69, 9.17) is 4.99 Å². The standard InChI is InChI=1S/C23H29FN4/c1-4-5-18-14-28(11-10-25-18)23-19-12-16(15(2)3)6-8-20(19)26-22-13-17(24)7-9-21(22)27-23/h6-9,12-13,15,18,25-26H,4-5,10-11,14H2,1-3H3/t18-/m0/s1. The predicted octanol–water partition coefficient (Wildman–Crippen LogP) is 5.16. The van der Waals surface area contributed by atoms with Crippen molar-refractivity contribution in [1.29, 1.82) is 0 Å². The fourth-order valence-corrected chi connectivity index (χ4v) is 4.04. The van der Waals surface area contributed by atoms with Crippen molar-refractivity contribution in [3.63, 3.8) is 0 Å². The Morgan fingerprint density at radius 1 is 1.18 bits per heavy atom. The Morgan fingerprint density at radius 3 is 2.82 bits per heavy atom. The molecule has 4 rings (SSSR count). The van der Waals surface area contributed by atoms with Crippen LogP contribution in [-0.4, -0.2) is 36.4 Å². The van der Waals surface area contributed by atoms with Crippen LogP contribution >= 0.6 is 0 Å². The summed E-state index contributed by atoms with van der Waals surface area (Å²) in [5.74, 6) is 1.17. The summed E-state index contributed by atoms with van der Waals surface area (Å²) < 4.78 is 13.9. The molecule has 2 aliphatic rings. The SMILES string of the molecule is CCC[C@H]1CN(C2=Nc3ccc(F)cc3Nc3ccc(C(C)C)cc32)CCN1. The highest BCUT2D eigenvalue weighted by atomic mass is 19.1. The molecular formula is C23H29FN4. The summed E-state index contributed by atoms with van der Waals surface area (Å²) >= 11 is 0. The van der Waals surface area contributed by atoms with Gasteiger partial charge in [0.1, 0.15) is 11.7 Å². The van der Waals surface area contributed by atoms with E-state index in [9.17, 15) is 4.39 Å². The molecule has 28 heavy (non-hydrogen) atoms. The Bertz CT molecular complexity index is 888. The van der Waals surface area contributed by atoms with Gasteiger partial charge in [-0.1, -0.05) is 33.3 Å². The molecule has 148 valence electrons. The lowest BCUT2D eigenvalue weighted by atomic mass is 9.98. The van der Waals surface area contributed by atoms with Gasteiger partial charge in [0.05, 0.1) is 11.4 Å². The van der Waals surface area contributed by atoms with Crippen LogP contribution in [0.5, 0.6) is 0 Å². The van der Waals surface area contributed by atoms with Crippen molar-refractivity contribution in [2.45, 2.75) is 45.6 Å². The highest BCUT2D eigenvalue weighted by Gasteiger charge is 2.26. The Balaban J connectivity index is 1.81. The van der Waals surface area contributed by atoms with Crippen LogP contribution in [0.4, 0.5) is 21.5 Å². The number of rotatable bonds is 3. The third-order valence-corrected chi connectivity index (χ3v) is 5.60. The number of benzene rings is 2. The van der Waals surface area contributed by atoms with E-state index < -0.39 is 0 Å². The van der Waals surface area contributed by atoms with Gasteiger partial charge in [0.25, 0.3) is 0 Å². The van der Waals surface area contributed by atoms with Gasteiger partial charge in [0, 0.05) is 36.9 Å². The Hall–Kier alpha value is -2.40. The van der Waals surface area contributed by atoms with Crippen LogP contribution in [0.25, 0.3) is 0 Å². The van der Waals surface area contributed by atoms with Crippen molar-refractivity contribution in [3.8, 4) is 0 Å². The molecule has 2 aliphatic heterocycles. The number of amidine groups is 1. The number of fused-ring (bicyclic) bond motifs is 2. The maximum absolute atomic E-state index is 13.9. The van der Waals surface area contributed by atoms with Crippen molar-refractivity contribution in [2.75, 3.05) is 25.0 Å². The number of hydrogen-bond donors (Lipinski definition) is 2. The molecule has 0 radical (unpaired) electrons. The topological polar surface area (TPSA) is 39.7 Å². The Kier molecular flexibility index (Phi) is 5.36. The number of anilines is 2. The van der Waals surface area contributed by atoms with Gasteiger partial charge >= 0.3 is 0 Å². The second kappa shape index (κ2) is 7.92. The van der Waals surface area contributed by atoms with Crippen molar-refractivity contribution < 1.29 is 4.39 Å². The Labute approximate surface area is 166 Å². The largest absolute Gasteiger partial charge is 0.353 e. The second-order valence-corrected chi connectivity index (χ2v) is 8.07. The minimum Gasteiger partial charge on any atom is -0.353 e. The smallest absolute Gasteiger partial charge is 0.138 e. The summed E-state index contributed by atoms with van der Waals surface area (Å²) in [7, 11) is 0. The van der Waals surface area contributed by atoms with E-state index in [0.717, 1.165) is 55.2 Å². The van der Waals surface area contributed by atoms with E-state index in [2.05, 4.69) is 54.5 Å². The Morgan fingerprint density at radius 2 is 2.04 bits per heavy atom. The van der Waals surface area contributed by atoms with Gasteiger partial charge < -0.3 is 15.5 Å². The normalized spacial score (nSPS) is 18.8. The van der Waals surface area contributed by atoms with E-state index in [0.29, 0.717) is 17.6 Å². The molecule has 5 heteroatoms. The van der Waals surface area contributed by atoms with Crippen molar-refractivity contribution in [2.24, 2.45) is 4.99 Å². The average Bonchev–Trinajstić information content (AvgIpc) is 2.84. The van der Waals surface area contributed by atoms with Crippen molar-refractivity contribution in [3.05, 3.63) is 53.3 Å². The average molecular weight is 381 g/mol.